The molecular weight excluding hydrogens is 352 g/mol. The summed E-state index contributed by atoms with van der Waals surface area (Å²) in [5.41, 5.74) is 1.76. The van der Waals surface area contributed by atoms with E-state index in [4.69, 9.17) is 9.72 Å². The van der Waals surface area contributed by atoms with Crippen LogP contribution in [0.4, 0.5) is 0 Å². The van der Waals surface area contributed by atoms with Crippen LogP contribution in [0.5, 0.6) is 0 Å². The molecule has 0 radical (unpaired) electrons. The van der Waals surface area contributed by atoms with Crippen molar-refractivity contribution in [1.29, 1.82) is 0 Å². The maximum Gasteiger partial charge on any atom is 0.223 e. The number of pyridine rings is 1. The molecule has 1 fully saturated rings. The van der Waals surface area contributed by atoms with Crippen molar-refractivity contribution in [2.24, 2.45) is 11.8 Å². The normalized spacial score (nSPS) is 22.4. The molecule has 1 amide bonds. The number of fused-ring (bicyclic) bond motifs is 1. The Morgan fingerprint density at radius 2 is 2.14 bits per heavy atom. The number of carbonyl (C=O) groups excluding carboxylic acids is 1. The van der Waals surface area contributed by atoms with Gasteiger partial charge in [0, 0.05) is 25.3 Å². The van der Waals surface area contributed by atoms with Crippen LogP contribution in [0.2, 0.25) is 0 Å². The molecule has 2 aromatic heterocycles. The lowest BCUT2D eigenvalue weighted by Crippen LogP contribution is -2.40. The van der Waals surface area contributed by atoms with Crippen LogP contribution in [0.15, 0.2) is 18.3 Å². The van der Waals surface area contributed by atoms with Crippen molar-refractivity contribution in [1.82, 2.24) is 19.9 Å². The van der Waals surface area contributed by atoms with E-state index >= 15 is 0 Å². The van der Waals surface area contributed by atoms with Crippen molar-refractivity contribution in [2.75, 3.05) is 7.11 Å². The van der Waals surface area contributed by atoms with Crippen LogP contribution in [0.3, 0.4) is 0 Å². The van der Waals surface area contributed by atoms with E-state index in [1.807, 2.05) is 12.1 Å². The highest BCUT2D eigenvalue weighted by Gasteiger charge is 2.32. The fraction of sp³-hybridized carbons (Fsp3) is 0.682. The Kier molecular flexibility index (Phi) is 6.70. The zero-order chi connectivity index (χ0) is 20.3. The summed E-state index contributed by atoms with van der Waals surface area (Å²) in [5.74, 6) is 1.33. The predicted molar refractivity (Wildman–Crippen MR) is 111 cm³/mol. The first-order valence-electron chi connectivity index (χ1n) is 10.6. The summed E-state index contributed by atoms with van der Waals surface area (Å²) in [6, 6.07) is 3.99. The summed E-state index contributed by atoms with van der Waals surface area (Å²) in [5, 5.41) is 3.35. The number of hydrogen-bond acceptors (Lipinski definition) is 4. The largest absolute Gasteiger partial charge is 0.381 e. The highest BCUT2D eigenvalue weighted by atomic mass is 16.5. The zero-order valence-electron chi connectivity index (χ0n) is 17.8. The van der Waals surface area contributed by atoms with E-state index in [0.29, 0.717) is 0 Å². The molecule has 1 N–H and O–H groups in total. The van der Waals surface area contributed by atoms with E-state index in [9.17, 15) is 4.79 Å². The number of amides is 1. The van der Waals surface area contributed by atoms with Crippen molar-refractivity contribution < 1.29 is 9.53 Å². The van der Waals surface area contributed by atoms with Gasteiger partial charge in [0.25, 0.3) is 0 Å². The molecule has 1 aliphatic carbocycles. The van der Waals surface area contributed by atoms with Gasteiger partial charge in [0.2, 0.25) is 5.91 Å². The fourth-order valence-electron chi connectivity index (χ4n) is 4.24. The molecule has 3 rings (SSSR count). The lowest BCUT2D eigenvalue weighted by atomic mass is 9.86. The summed E-state index contributed by atoms with van der Waals surface area (Å²) >= 11 is 0. The summed E-state index contributed by atoms with van der Waals surface area (Å²) < 4.78 is 7.69. The van der Waals surface area contributed by atoms with Crippen molar-refractivity contribution in [3.63, 3.8) is 0 Å². The molecule has 0 aliphatic heterocycles. The van der Waals surface area contributed by atoms with Gasteiger partial charge in [-0.25, -0.2) is 9.97 Å². The first kappa shape index (κ1) is 20.8. The maximum absolute atomic E-state index is 13.1. The summed E-state index contributed by atoms with van der Waals surface area (Å²) in [7, 11) is 1.74. The Labute approximate surface area is 168 Å². The van der Waals surface area contributed by atoms with Crippen LogP contribution in [-0.2, 0) is 9.53 Å². The molecule has 6 nitrogen and oxygen atoms in total. The van der Waals surface area contributed by atoms with Gasteiger partial charge < -0.3 is 14.6 Å². The Morgan fingerprint density at radius 3 is 2.82 bits per heavy atom. The highest BCUT2D eigenvalue weighted by Crippen LogP contribution is 2.31. The van der Waals surface area contributed by atoms with Crippen LogP contribution in [0.1, 0.15) is 77.7 Å². The van der Waals surface area contributed by atoms with Gasteiger partial charge in [0.15, 0.2) is 5.65 Å². The van der Waals surface area contributed by atoms with Gasteiger partial charge in [-0.1, -0.05) is 26.7 Å². The Bertz CT molecular complexity index is 801. The number of nitrogens with one attached hydrogen (secondary N) is 1. The molecule has 28 heavy (non-hydrogen) atoms. The molecule has 0 bridgehead atoms. The van der Waals surface area contributed by atoms with Crippen LogP contribution in [0, 0.1) is 11.8 Å². The molecule has 4 atom stereocenters. The minimum atomic E-state index is -0.128. The Hall–Kier alpha value is -1.95. The van der Waals surface area contributed by atoms with Gasteiger partial charge in [-0.3, -0.25) is 4.79 Å². The molecule has 0 saturated heterocycles. The highest BCUT2D eigenvalue weighted by molar-refractivity contribution is 5.79. The number of imidazole rings is 1. The van der Waals surface area contributed by atoms with Gasteiger partial charge in [0.1, 0.15) is 11.3 Å². The summed E-state index contributed by atoms with van der Waals surface area (Å²) in [6.45, 7) is 8.62. The smallest absolute Gasteiger partial charge is 0.223 e. The number of methoxy groups -OCH3 is 1. The number of carbonyl (C=O) groups is 1. The second-order valence-electron chi connectivity index (χ2n) is 8.37. The third kappa shape index (κ3) is 4.22. The number of hydrogen-bond donors (Lipinski definition) is 1. The lowest BCUT2D eigenvalue weighted by Gasteiger charge is -2.31. The number of ether oxygens (including phenoxy) is 1. The van der Waals surface area contributed by atoms with Crippen molar-refractivity contribution in [3.05, 3.63) is 24.2 Å². The zero-order valence-corrected chi connectivity index (χ0v) is 17.8. The van der Waals surface area contributed by atoms with E-state index < -0.39 is 0 Å². The molecule has 0 unspecified atom stereocenters. The van der Waals surface area contributed by atoms with Crippen molar-refractivity contribution in [2.45, 2.75) is 78.0 Å². The average Bonchev–Trinajstić information content (AvgIpc) is 3.10. The Balaban J connectivity index is 1.92. The van der Waals surface area contributed by atoms with E-state index in [0.717, 1.165) is 49.1 Å². The van der Waals surface area contributed by atoms with Crippen LogP contribution in [-0.4, -0.2) is 33.7 Å². The molecule has 6 heteroatoms. The second-order valence-corrected chi connectivity index (χ2v) is 8.37. The number of aromatic nitrogens is 3. The number of rotatable bonds is 7. The molecular formula is C22H34N4O2. The molecule has 1 aliphatic rings. The number of nitrogens with zero attached hydrogens (tertiary/aromatic N) is 3. The minimum absolute atomic E-state index is 0.0141. The van der Waals surface area contributed by atoms with Gasteiger partial charge >= 0.3 is 0 Å². The molecule has 1 saturated carbocycles. The average molecular weight is 387 g/mol. The summed E-state index contributed by atoms with van der Waals surface area (Å²) in [6.07, 6.45) is 6.78. The third-order valence-electron chi connectivity index (χ3n) is 6.11. The lowest BCUT2D eigenvalue weighted by molar-refractivity contribution is -0.128. The fourth-order valence-corrected chi connectivity index (χ4v) is 4.24. The van der Waals surface area contributed by atoms with E-state index in [1.165, 1.54) is 0 Å². The first-order valence-corrected chi connectivity index (χ1v) is 10.6. The van der Waals surface area contributed by atoms with E-state index in [-0.39, 0.29) is 35.9 Å². The Morgan fingerprint density at radius 1 is 1.36 bits per heavy atom. The molecule has 0 spiro atoms. The van der Waals surface area contributed by atoms with E-state index in [2.05, 4.69) is 42.6 Å². The summed E-state index contributed by atoms with van der Waals surface area (Å²) in [4.78, 5) is 22.6. The van der Waals surface area contributed by atoms with Crippen LogP contribution in [0.25, 0.3) is 11.2 Å². The van der Waals surface area contributed by atoms with Crippen molar-refractivity contribution >= 4 is 17.1 Å². The second kappa shape index (κ2) is 9.03. The quantitative estimate of drug-likeness (QED) is 0.765. The van der Waals surface area contributed by atoms with E-state index in [1.54, 1.807) is 13.3 Å². The monoisotopic (exact) mass is 386 g/mol. The standard InChI is InChI=1S/C22H34N4O2/c1-6-15(4)19(25-22(27)16-9-7-10-17(13-16)28-5)21-24-18-11-8-12-23-20(18)26(21)14(2)3/h8,11-12,14-17,19H,6-7,9-10,13H2,1-5H3,(H,25,27)/t15-,16-,17+,19-/m0/s1. The molecule has 0 aromatic carbocycles. The van der Waals surface area contributed by atoms with Crippen LogP contribution < -0.4 is 5.32 Å². The van der Waals surface area contributed by atoms with Gasteiger partial charge in [-0.2, -0.15) is 0 Å². The molecule has 154 valence electrons. The maximum atomic E-state index is 13.1. The SMILES string of the molecule is CC[C@H](C)[C@H](NC(=O)[C@H]1CCC[C@@H](OC)C1)c1nc2cccnc2n1C(C)C. The predicted octanol–water partition coefficient (Wildman–Crippen LogP) is 4.42. The van der Waals surface area contributed by atoms with Crippen LogP contribution >= 0.6 is 0 Å². The van der Waals surface area contributed by atoms with Gasteiger partial charge in [-0.05, 0) is 51.2 Å². The molecule has 2 aromatic rings. The minimum Gasteiger partial charge on any atom is -0.381 e. The third-order valence-corrected chi connectivity index (χ3v) is 6.11. The topological polar surface area (TPSA) is 69.0 Å². The molecule has 2 heterocycles. The van der Waals surface area contributed by atoms with Gasteiger partial charge in [-0.15, -0.1) is 0 Å². The van der Waals surface area contributed by atoms with Crippen molar-refractivity contribution in [3.8, 4) is 0 Å². The van der Waals surface area contributed by atoms with Gasteiger partial charge in [0.05, 0.1) is 12.1 Å². The first-order chi connectivity index (χ1) is 13.5.